The summed E-state index contributed by atoms with van der Waals surface area (Å²) in [5.74, 6) is -0.684. The van der Waals surface area contributed by atoms with Crippen molar-refractivity contribution in [3.63, 3.8) is 0 Å². The van der Waals surface area contributed by atoms with Gasteiger partial charge >= 0.3 is 5.97 Å². The molecule has 0 spiro atoms. The lowest BCUT2D eigenvalue weighted by Crippen LogP contribution is -2.40. The van der Waals surface area contributed by atoms with Gasteiger partial charge in [-0.1, -0.05) is 26.3 Å². The minimum absolute atomic E-state index is 0.230. The zero-order chi connectivity index (χ0) is 11.0. The number of carbonyl (C=O) groups is 2. The minimum atomic E-state index is -0.551. The molecule has 0 aromatic carbocycles. The quantitative estimate of drug-likeness (QED) is 0.519. The maximum atomic E-state index is 11.3. The molecule has 0 radical (unpaired) electrons. The predicted octanol–water partition coefficient (Wildman–Crippen LogP) is 1.37. The number of rotatable bonds is 6. The molecule has 4 nitrogen and oxygen atoms in total. The van der Waals surface area contributed by atoms with Gasteiger partial charge in [0.25, 0.3) is 0 Å². The maximum absolute atomic E-state index is 11.3. The minimum Gasteiger partial charge on any atom is -0.434 e. The van der Waals surface area contributed by atoms with Gasteiger partial charge in [-0.25, -0.2) is 4.79 Å². The molecule has 0 saturated carbocycles. The van der Waals surface area contributed by atoms with E-state index in [1.54, 1.807) is 0 Å². The van der Waals surface area contributed by atoms with Gasteiger partial charge in [-0.15, -0.1) is 0 Å². The summed E-state index contributed by atoms with van der Waals surface area (Å²) in [7, 11) is 0. The van der Waals surface area contributed by atoms with Crippen LogP contribution in [0, 0.1) is 0 Å². The summed E-state index contributed by atoms with van der Waals surface area (Å²) in [6.07, 6.45) is 3.51. The van der Waals surface area contributed by atoms with Crippen LogP contribution in [0.25, 0.3) is 0 Å². The van der Waals surface area contributed by atoms with Crippen LogP contribution in [0.1, 0.15) is 33.1 Å². The molecule has 4 heteroatoms. The van der Waals surface area contributed by atoms with E-state index in [0.29, 0.717) is 6.42 Å². The fourth-order valence-corrected chi connectivity index (χ4v) is 1.07. The van der Waals surface area contributed by atoms with Crippen molar-refractivity contribution in [1.82, 2.24) is 5.32 Å². The van der Waals surface area contributed by atoms with E-state index in [4.69, 9.17) is 0 Å². The molecule has 0 bridgehead atoms. The molecule has 0 rings (SSSR count). The normalized spacial score (nSPS) is 11.6. The van der Waals surface area contributed by atoms with Crippen molar-refractivity contribution in [3.05, 3.63) is 12.8 Å². The highest BCUT2D eigenvalue weighted by Crippen LogP contribution is 2.02. The van der Waals surface area contributed by atoms with Gasteiger partial charge in [-0.3, -0.25) is 4.79 Å². The molecule has 80 valence electrons. The van der Waals surface area contributed by atoms with Gasteiger partial charge in [-0.2, -0.15) is 0 Å². The second-order valence-electron chi connectivity index (χ2n) is 3.00. The highest BCUT2D eigenvalue weighted by atomic mass is 16.5. The Bertz CT molecular complexity index is 213. The summed E-state index contributed by atoms with van der Waals surface area (Å²) >= 11 is 0. The number of esters is 1. The van der Waals surface area contributed by atoms with Gasteiger partial charge in [0, 0.05) is 6.92 Å². The maximum Gasteiger partial charge on any atom is 0.333 e. The SMILES string of the molecule is C=COC(=O)[C@@H](CCCC)NC(C)=O. The van der Waals surface area contributed by atoms with Gasteiger partial charge in [0.05, 0.1) is 6.26 Å². The summed E-state index contributed by atoms with van der Waals surface area (Å²) in [5, 5.41) is 2.54. The third kappa shape index (κ3) is 5.35. The molecule has 0 aliphatic carbocycles. The Kier molecular flexibility index (Phi) is 6.45. The van der Waals surface area contributed by atoms with E-state index in [1.165, 1.54) is 6.92 Å². The molecule has 0 fully saturated rings. The van der Waals surface area contributed by atoms with E-state index in [0.717, 1.165) is 19.1 Å². The lowest BCUT2D eigenvalue weighted by atomic mass is 10.1. The second-order valence-corrected chi connectivity index (χ2v) is 3.00. The topological polar surface area (TPSA) is 55.4 Å². The standard InChI is InChI=1S/C10H17NO3/c1-4-6-7-9(11-8(3)12)10(13)14-5-2/h5,9H,2,4,6-7H2,1,3H3,(H,11,12)/t9-/m1/s1. The molecule has 14 heavy (non-hydrogen) atoms. The van der Waals surface area contributed by atoms with E-state index in [-0.39, 0.29) is 5.91 Å². The summed E-state index contributed by atoms with van der Waals surface area (Å²) < 4.78 is 4.61. The van der Waals surface area contributed by atoms with Crippen LogP contribution in [0.5, 0.6) is 0 Å². The lowest BCUT2D eigenvalue weighted by molar-refractivity contribution is -0.142. The number of carbonyl (C=O) groups excluding carboxylic acids is 2. The average molecular weight is 199 g/mol. The molecule has 0 aliphatic rings. The first-order valence-corrected chi connectivity index (χ1v) is 4.70. The van der Waals surface area contributed by atoms with E-state index >= 15 is 0 Å². The molecule has 0 aromatic rings. The summed E-state index contributed by atoms with van der Waals surface area (Å²) in [5.41, 5.74) is 0. The molecule has 0 unspecified atom stereocenters. The van der Waals surface area contributed by atoms with E-state index in [9.17, 15) is 9.59 Å². The van der Waals surface area contributed by atoms with Gasteiger partial charge in [-0.05, 0) is 6.42 Å². The van der Waals surface area contributed by atoms with Crippen LogP contribution in [0.3, 0.4) is 0 Å². The third-order valence-electron chi connectivity index (χ3n) is 1.71. The Morgan fingerprint density at radius 1 is 1.57 bits per heavy atom. The van der Waals surface area contributed by atoms with Crippen molar-refractivity contribution >= 4 is 11.9 Å². The van der Waals surface area contributed by atoms with Crippen LogP contribution in [0.15, 0.2) is 12.8 Å². The van der Waals surface area contributed by atoms with E-state index < -0.39 is 12.0 Å². The molecule has 1 N–H and O–H groups in total. The van der Waals surface area contributed by atoms with Gasteiger partial charge in [0.1, 0.15) is 6.04 Å². The number of nitrogens with one attached hydrogen (secondary N) is 1. The van der Waals surface area contributed by atoms with Crippen LogP contribution >= 0.6 is 0 Å². The van der Waals surface area contributed by atoms with Crippen LogP contribution < -0.4 is 5.32 Å². The first kappa shape index (κ1) is 12.7. The van der Waals surface area contributed by atoms with Crippen molar-refractivity contribution < 1.29 is 14.3 Å². The van der Waals surface area contributed by atoms with Crippen molar-refractivity contribution in [1.29, 1.82) is 0 Å². The number of hydrogen-bond acceptors (Lipinski definition) is 3. The summed E-state index contributed by atoms with van der Waals surface area (Å²) in [4.78, 5) is 22.1. The third-order valence-corrected chi connectivity index (χ3v) is 1.71. The predicted molar refractivity (Wildman–Crippen MR) is 53.4 cm³/mol. The Morgan fingerprint density at radius 2 is 2.21 bits per heavy atom. The summed E-state index contributed by atoms with van der Waals surface area (Å²) in [6, 6.07) is -0.551. The highest BCUT2D eigenvalue weighted by Gasteiger charge is 2.19. The van der Waals surface area contributed by atoms with Gasteiger partial charge in [0.2, 0.25) is 5.91 Å². The fraction of sp³-hybridized carbons (Fsp3) is 0.600. The molecule has 0 heterocycles. The molecule has 0 aromatic heterocycles. The van der Waals surface area contributed by atoms with Crippen LogP contribution in [-0.2, 0) is 14.3 Å². The number of hydrogen-bond donors (Lipinski definition) is 1. The molecule has 1 atom stereocenters. The zero-order valence-corrected chi connectivity index (χ0v) is 8.71. The molecule has 0 saturated heterocycles. The summed E-state index contributed by atoms with van der Waals surface area (Å²) in [6.45, 7) is 6.68. The van der Waals surface area contributed by atoms with Gasteiger partial charge in [0.15, 0.2) is 0 Å². The molecule has 0 aliphatic heterocycles. The Balaban J connectivity index is 4.14. The highest BCUT2D eigenvalue weighted by molar-refractivity contribution is 5.83. The number of amides is 1. The van der Waals surface area contributed by atoms with Crippen molar-refractivity contribution in [2.24, 2.45) is 0 Å². The van der Waals surface area contributed by atoms with Crippen molar-refractivity contribution in [2.75, 3.05) is 0 Å². The number of unbranched alkanes of at least 4 members (excludes halogenated alkanes) is 1. The Labute approximate surface area is 84.3 Å². The number of ether oxygens (including phenoxy) is 1. The first-order chi connectivity index (χ1) is 6.61. The Hall–Kier alpha value is -1.32. The van der Waals surface area contributed by atoms with Crippen LogP contribution in [0.4, 0.5) is 0 Å². The smallest absolute Gasteiger partial charge is 0.333 e. The lowest BCUT2D eigenvalue weighted by Gasteiger charge is -2.14. The van der Waals surface area contributed by atoms with Gasteiger partial charge < -0.3 is 10.1 Å². The molecule has 1 amide bonds. The fourth-order valence-electron chi connectivity index (χ4n) is 1.07. The molecular weight excluding hydrogens is 182 g/mol. The largest absolute Gasteiger partial charge is 0.434 e. The average Bonchev–Trinajstić information content (AvgIpc) is 2.12. The zero-order valence-electron chi connectivity index (χ0n) is 8.71. The van der Waals surface area contributed by atoms with Crippen LogP contribution in [-0.4, -0.2) is 17.9 Å². The van der Waals surface area contributed by atoms with Crippen molar-refractivity contribution in [2.45, 2.75) is 39.2 Å². The van der Waals surface area contributed by atoms with E-state index in [1.807, 2.05) is 6.92 Å². The monoisotopic (exact) mass is 199 g/mol. The second kappa shape index (κ2) is 7.12. The van der Waals surface area contributed by atoms with E-state index in [2.05, 4.69) is 16.6 Å². The van der Waals surface area contributed by atoms with Crippen molar-refractivity contribution in [3.8, 4) is 0 Å². The van der Waals surface area contributed by atoms with Crippen LogP contribution in [0.2, 0.25) is 0 Å². The molecular formula is C10H17NO3. The Morgan fingerprint density at radius 3 is 2.64 bits per heavy atom. The first-order valence-electron chi connectivity index (χ1n) is 4.70.